The minimum Gasteiger partial charge on any atom is -0.381 e. The molecular weight excluding hydrogens is 761 g/mol. The predicted octanol–water partition coefficient (Wildman–Crippen LogP) is 4.25. The van der Waals surface area contributed by atoms with Crippen LogP contribution in [0, 0.1) is 11.6 Å². The number of aryl methyl sites for hydroxylation is 1. The molecular formula is C39H35F2N9O6S. The Morgan fingerprint density at radius 3 is 2.40 bits per heavy atom. The number of hydrogen-bond donors (Lipinski definition) is 3. The van der Waals surface area contributed by atoms with Gasteiger partial charge in [-0.05, 0) is 66.2 Å². The van der Waals surface area contributed by atoms with Crippen LogP contribution in [0.4, 0.5) is 14.5 Å². The van der Waals surface area contributed by atoms with E-state index in [0.29, 0.717) is 29.2 Å². The molecule has 0 saturated carbocycles. The average molecular weight is 796 g/mol. The van der Waals surface area contributed by atoms with Crippen molar-refractivity contribution in [1.29, 1.82) is 0 Å². The van der Waals surface area contributed by atoms with E-state index in [1.165, 1.54) is 55.5 Å². The van der Waals surface area contributed by atoms with E-state index < -0.39 is 46.3 Å². The number of amides is 2. The number of anilines is 1. The van der Waals surface area contributed by atoms with Crippen LogP contribution in [0.3, 0.4) is 0 Å². The van der Waals surface area contributed by atoms with Crippen LogP contribution < -0.4 is 26.8 Å². The number of carbonyl (C=O) groups excluding carboxylic acids is 2. The number of benzene rings is 2. The van der Waals surface area contributed by atoms with Gasteiger partial charge in [-0.2, -0.15) is 0 Å². The van der Waals surface area contributed by atoms with Crippen molar-refractivity contribution in [3.05, 3.63) is 135 Å². The third-order valence-electron chi connectivity index (χ3n) is 9.40. The van der Waals surface area contributed by atoms with E-state index >= 15 is 8.78 Å². The lowest BCUT2D eigenvalue weighted by molar-refractivity contribution is -0.133. The van der Waals surface area contributed by atoms with Crippen molar-refractivity contribution in [3.63, 3.8) is 0 Å². The monoisotopic (exact) mass is 795 g/mol. The molecule has 1 aliphatic heterocycles. The van der Waals surface area contributed by atoms with Crippen LogP contribution in [0.25, 0.3) is 27.8 Å². The van der Waals surface area contributed by atoms with E-state index in [4.69, 9.17) is 9.57 Å². The van der Waals surface area contributed by atoms with Crippen molar-refractivity contribution in [2.45, 2.75) is 36.1 Å². The van der Waals surface area contributed by atoms with Gasteiger partial charge in [-0.1, -0.05) is 18.2 Å². The van der Waals surface area contributed by atoms with Crippen molar-refractivity contribution in [3.8, 4) is 16.9 Å². The third kappa shape index (κ3) is 8.57. The minimum absolute atomic E-state index is 0.0217. The summed E-state index contributed by atoms with van der Waals surface area (Å²) in [5.41, 5.74) is 2.54. The fraction of sp³-hybridized carbons (Fsp3) is 0.231. The first-order chi connectivity index (χ1) is 27.6. The molecule has 18 heteroatoms. The predicted molar refractivity (Wildman–Crippen MR) is 207 cm³/mol. The standard InChI is InChI=1S/C39H35F2N9O6S/c1-49-33-21-42-12-9-27(33)38(53)50(39(49)54)34-8-3-22(18-43-34)15-32(37(52)47-55-2)46-36(51)28-16-30(41)31(17-29(28)40)48-57-26-6-4-23(5-7-26)25-19-44-35(45-20-25)24-10-13-56-14-11-24/h3-9,12,16-21,24,32,48H,10-11,13-15H2,1-2H3,(H,46,51)(H,47,52). The summed E-state index contributed by atoms with van der Waals surface area (Å²) in [6.45, 7) is 1.41. The first-order valence-electron chi connectivity index (χ1n) is 17.7. The molecule has 0 radical (unpaired) electrons. The highest BCUT2D eigenvalue weighted by atomic mass is 32.2. The fourth-order valence-electron chi connectivity index (χ4n) is 6.30. The molecule has 57 heavy (non-hydrogen) atoms. The molecule has 5 heterocycles. The van der Waals surface area contributed by atoms with E-state index in [1.807, 2.05) is 24.3 Å². The molecule has 1 saturated heterocycles. The summed E-state index contributed by atoms with van der Waals surface area (Å²) >= 11 is 1.05. The van der Waals surface area contributed by atoms with E-state index in [9.17, 15) is 19.2 Å². The number of aromatic nitrogens is 6. The highest BCUT2D eigenvalue weighted by Gasteiger charge is 2.25. The van der Waals surface area contributed by atoms with E-state index in [1.54, 1.807) is 12.4 Å². The molecule has 1 atom stereocenters. The fourth-order valence-corrected chi connectivity index (χ4v) is 6.96. The molecule has 7 rings (SSSR count). The molecule has 4 aromatic heterocycles. The van der Waals surface area contributed by atoms with Crippen molar-refractivity contribution in [2.24, 2.45) is 7.05 Å². The number of nitrogens with zero attached hydrogens (tertiary/aromatic N) is 6. The maximum Gasteiger partial charge on any atom is 0.337 e. The van der Waals surface area contributed by atoms with Crippen LogP contribution in [0.5, 0.6) is 0 Å². The zero-order valence-corrected chi connectivity index (χ0v) is 31.4. The second-order valence-corrected chi connectivity index (χ2v) is 13.9. The highest BCUT2D eigenvalue weighted by molar-refractivity contribution is 8.00. The zero-order chi connectivity index (χ0) is 40.1. The zero-order valence-electron chi connectivity index (χ0n) is 30.6. The molecule has 15 nitrogen and oxygen atoms in total. The number of nitrogens with one attached hydrogen (secondary N) is 3. The number of hydroxylamine groups is 1. The first-order valence-corrected chi connectivity index (χ1v) is 18.5. The van der Waals surface area contributed by atoms with E-state index in [2.05, 4.69) is 35.5 Å². The van der Waals surface area contributed by atoms with Gasteiger partial charge in [0.15, 0.2) is 0 Å². The molecule has 6 aromatic rings. The maximum absolute atomic E-state index is 15.3. The number of fused-ring (bicyclic) bond motifs is 1. The summed E-state index contributed by atoms with van der Waals surface area (Å²) in [5.74, 6) is -2.68. The Morgan fingerprint density at radius 2 is 1.70 bits per heavy atom. The van der Waals surface area contributed by atoms with Gasteiger partial charge in [0.2, 0.25) is 0 Å². The summed E-state index contributed by atoms with van der Waals surface area (Å²) < 4.78 is 41.0. The lowest BCUT2D eigenvalue weighted by Crippen LogP contribution is -2.48. The topological polar surface area (TPSA) is 184 Å². The van der Waals surface area contributed by atoms with Gasteiger partial charge in [0.05, 0.1) is 35.5 Å². The Bertz CT molecular complexity index is 2550. The second kappa shape index (κ2) is 17.2. The van der Waals surface area contributed by atoms with Crippen LogP contribution >= 0.6 is 11.9 Å². The van der Waals surface area contributed by atoms with Gasteiger partial charge in [-0.3, -0.25) is 28.8 Å². The van der Waals surface area contributed by atoms with Crippen LogP contribution in [0.2, 0.25) is 0 Å². The third-order valence-corrected chi connectivity index (χ3v) is 10.2. The molecule has 0 bridgehead atoms. The van der Waals surface area contributed by atoms with Crippen molar-refractivity contribution >= 4 is 40.4 Å². The van der Waals surface area contributed by atoms with Gasteiger partial charge >= 0.3 is 5.69 Å². The number of ether oxygens (including phenoxy) is 1. The Hall–Kier alpha value is -6.37. The molecule has 292 valence electrons. The normalized spacial score (nSPS) is 13.6. The number of halogens is 2. The summed E-state index contributed by atoms with van der Waals surface area (Å²) in [4.78, 5) is 75.1. The molecule has 0 aliphatic carbocycles. The molecule has 1 aliphatic rings. The second-order valence-electron chi connectivity index (χ2n) is 13.1. The van der Waals surface area contributed by atoms with Crippen molar-refractivity contribution in [1.82, 2.24) is 39.9 Å². The van der Waals surface area contributed by atoms with Crippen LogP contribution in [0.15, 0.2) is 100 Å². The molecule has 1 fully saturated rings. The number of pyridine rings is 2. The summed E-state index contributed by atoms with van der Waals surface area (Å²) in [7, 11) is 2.70. The van der Waals surface area contributed by atoms with Gasteiger partial charge in [-0.15, -0.1) is 0 Å². The smallest absolute Gasteiger partial charge is 0.337 e. The van der Waals surface area contributed by atoms with Gasteiger partial charge in [0.25, 0.3) is 17.4 Å². The number of carbonyl (C=O) groups is 2. The Morgan fingerprint density at radius 1 is 0.947 bits per heavy atom. The van der Waals surface area contributed by atoms with Gasteiger partial charge < -0.3 is 14.8 Å². The maximum atomic E-state index is 15.3. The molecule has 2 amide bonds. The van der Waals surface area contributed by atoms with Gasteiger partial charge in [0, 0.05) is 73.9 Å². The SMILES string of the molecule is CONC(=O)C(Cc1ccc(-n2c(=O)c3ccncc3n(C)c2=O)nc1)NC(=O)c1cc(F)c(NSc2ccc(-c3cnc(C4CCOCC4)nc3)cc2)cc1F. The quantitative estimate of drug-likeness (QED) is 0.118. The largest absolute Gasteiger partial charge is 0.381 e. The molecule has 1 unspecified atom stereocenters. The summed E-state index contributed by atoms with van der Waals surface area (Å²) in [6.07, 6.45) is 9.37. The Kier molecular flexibility index (Phi) is 11.7. The Labute approximate surface area is 327 Å². The molecule has 3 N–H and O–H groups in total. The lowest BCUT2D eigenvalue weighted by atomic mass is 9.99. The minimum atomic E-state index is -1.33. The lowest BCUT2D eigenvalue weighted by Gasteiger charge is -2.20. The Balaban J connectivity index is 1.00. The van der Waals surface area contributed by atoms with Gasteiger partial charge in [0.1, 0.15) is 29.3 Å². The van der Waals surface area contributed by atoms with Crippen molar-refractivity contribution in [2.75, 3.05) is 25.0 Å². The number of rotatable bonds is 12. The van der Waals surface area contributed by atoms with E-state index in [0.717, 1.165) is 58.4 Å². The summed E-state index contributed by atoms with van der Waals surface area (Å²) in [6, 6.07) is 12.0. The number of hydrogen-bond acceptors (Lipinski definition) is 12. The van der Waals surface area contributed by atoms with Crippen molar-refractivity contribution < 1.29 is 27.9 Å². The average Bonchev–Trinajstić information content (AvgIpc) is 3.24. The molecule has 0 spiro atoms. The van der Waals surface area contributed by atoms with Crippen LogP contribution in [0.1, 0.15) is 40.5 Å². The van der Waals surface area contributed by atoms with Gasteiger partial charge in [-0.25, -0.2) is 38.6 Å². The first kappa shape index (κ1) is 38.9. The highest BCUT2D eigenvalue weighted by Crippen LogP contribution is 2.29. The van der Waals surface area contributed by atoms with Crippen LogP contribution in [-0.4, -0.2) is 67.2 Å². The van der Waals surface area contributed by atoms with Crippen LogP contribution in [-0.2, 0) is 27.8 Å². The summed E-state index contributed by atoms with van der Waals surface area (Å²) in [5, 5.41) is 2.68. The van der Waals surface area contributed by atoms with E-state index in [-0.39, 0.29) is 29.2 Å². The molecule has 2 aromatic carbocycles.